The van der Waals surface area contributed by atoms with E-state index in [4.69, 9.17) is 55.8 Å². The Hall–Kier alpha value is -8.55. The van der Waals surface area contributed by atoms with Gasteiger partial charge in [-0.15, -0.1) is 0 Å². The fourth-order valence-electron chi connectivity index (χ4n) is 7.33. The lowest BCUT2D eigenvalue weighted by Crippen LogP contribution is -2.37. The zero-order chi connectivity index (χ0) is 55.3. The van der Waals surface area contributed by atoms with Gasteiger partial charge >= 0.3 is 35.8 Å². The van der Waals surface area contributed by atoms with Gasteiger partial charge in [0, 0.05) is 56.3 Å². The summed E-state index contributed by atoms with van der Waals surface area (Å²) in [5, 5.41) is 10.0. The lowest BCUT2D eigenvalue weighted by Gasteiger charge is -2.28. The molecule has 3 aromatic carbocycles. The number of anilines is 3. The van der Waals surface area contributed by atoms with Crippen LogP contribution >= 0.6 is 0 Å². The van der Waals surface area contributed by atoms with E-state index in [2.05, 4.69) is 9.69 Å². The molecule has 3 unspecified atom stereocenters. The Labute approximate surface area is 446 Å². The summed E-state index contributed by atoms with van der Waals surface area (Å²) in [7, 11) is 0. The Balaban J connectivity index is 1.12. The molecule has 3 aliphatic rings. The Morgan fingerprint density at radius 2 is 0.857 bits per heavy atom. The number of carbonyl (C=O) groups is 6. The van der Waals surface area contributed by atoms with Crippen molar-refractivity contribution >= 4 is 71.1 Å². The fraction of sp³-hybridized carbons (Fsp3) is 0.411. The van der Waals surface area contributed by atoms with Gasteiger partial charge in [-0.2, -0.15) is 5.26 Å². The predicted molar refractivity (Wildman–Crippen MR) is 278 cm³/mol. The van der Waals surface area contributed by atoms with Gasteiger partial charge in [-0.1, -0.05) is 36.4 Å². The second-order valence-electron chi connectivity index (χ2n) is 18.0. The van der Waals surface area contributed by atoms with Crippen LogP contribution < -0.4 is 14.7 Å². The maximum atomic E-state index is 13.5. The average Bonchev–Trinajstić information content (AvgIpc) is 4.30. The van der Waals surface area contributed by atoms with E-state index in [0.717, 1.165) is 17.1 Å². The predicted octanol–water partition coefficient (Wildman–Crippen LogP) is 6.50. The van der Waals surface area contributed by atoms with Crippen LogP contribution in [0.3, 0.4) is 0 Å². The highest BCUT2D eigenvalue weighted by molar-refractivity contribution is 5.98. The molecule has 0 bridgehead atoms. The highest BCUT2D eigenvalue weighted by Crippen LogP contribution is 2.26. The number of rotatable bonds is 30. The Kier molecular flexibility index (Phi) is 21.3. The van der Waals surface area contributed by atoms with E-state index >= 15 is 0 Å². The second-order valence-corrected chi connectivity index (χ2v) is 18.0. The van der Waals surface area contributed by atoms with Crippen LogP contribution in [0.2, 0.25) is 0 Å². The van der Waals surface area contributed by atoms with Gasteiger partial charge in [0.1, 0.15) is 51.3 Å². The molecular weight excluding hydrogens is 997 g/mol. The molecule has 3 atom stereocenters. The van der Waals surface area contributed by atoms with E-state index in [0.29, 0.717) is 75.8 Å². The molecule has 0 radical (unpaired) electrons. The monoisotopic (exact) mass is 1060 g/mol. The third-order valence-electron chi connectivity index (χ3n) is 11.9. The quantitative estimate of drug-likeness (QED) is 0.0173. The number of hydrogen-bond donors (Lipinski definition) is 0. The van der Waals surface area contributed by atoms with Crippen LogP contribution in [-0.4, -0.2) is 134 Å². The average molecular weight is 1060 g/mol. The van der Waals surface area contributed by atoms with Crippen LogP contribution in [0.1, 0.15) is 63.6 Å². The highest BCUT2D eigenvalue weighted by Gasteiger charge is 2.33. The molecule has 21 nitrogen and oxygen atoms in total. The summed E-state index contributed by atoms with van der Waals surface area (Å²) >= 11 is 0. The van der Waals surface area contributed by atoms with Gasteiger partial charge in [0.05, 0.1) is 37.8 Å². The molecule has 0 amide bonds. The third kappa shape index (κ3) is 19.0. The zero-order valence-corrected chi connectivity index (χ0v) is 43.3. The largest absolute Gasteiger partial charge is 0.470 e. The van der Waals surface area contributed by atoms with Crippen molar-refractivity contribution in [3.8, 4) is 6.07 Å². The van der Waals surface area contributed by atoms with Crippen molar-refractivity contribution in [2.75, 3.05) is 93.6 Å². The first-order chi connectivity index (χ1) is 37.1. The molecular formula is C56H60N6O15. The van der Waals surface area contributed by atoms with E-state index in [9.17, 15) is 34.0 Å². The fourth-order valence-corrected chi connectivity index (χ4v) is 7.33. The summed E-state index contributed by atoms with van der Waals surface area (Å²) in [5.74, 6) is -4.22. The summed E-state index contributed by atoms with van der Waals surface area (Å²) < 4.78 is 47.1. The molecule has 77 heavy (non-hydrogen) atoms. The Morgan fingerprint density at radius 1 is 0.558 bits per heavy atom. The normalized spacial score (nSPS) is 17.1. The Bertz CT molecular complexity index is 2500. The first-order valence-electron chi connectivity index (χ1n) is 24.9. The zero-order valence-electron chi connectivity index (χ0n) is 43.3. The maximum Gasteiger partial charge on any atom is 0.348 e. The van der Waals surface area contributed by atoms with Gasteiger partial charge in [0.2, 0.25) is 18.9 Å². The minimum atomic E-state index is -1.49. The molecule has 0 N–H and O–H groups in total. The first-order valence-corrected chi connectivity index (χ1v) is 24.9. The minimum Gasteiger partial charge on any atom is -0.470 e. The number of nitriles is 1. The lowest BCUT2D eigenvalue weighted by atomic mass is 9.94. The van der Waals surface area contributed by atoms with Crippen molar-refractivity contribution in [3.05, 3.63) is 129 Å². The second kappa shape index (κ2) is 28.4. The van der Waals surface area contributed by atoms with Crippen LogP contribution in [0.25, 0.3) is 27.9 Å². The molecule has 404 valence electrons. The topological polar surface area (TPSA) is 238 Å². The Morgan fingerprint density at radius 3 is 1.13 bits per heavy atom. The van der Waals surface area contributed by atoms with Gasteiger partial charge in [-0.25, -0.2) is 14.5 Å². The molecule has 0 aromatic heterocycles. The van der Waals surface area contributed by atoms with Crippen molar-refractivity contribution in [2.45, 2.75) is 65.8 Å². The summed E-state index contributed by atoms with van der Waals surface area (Å²) in [6, 6.07) is 22.7. The smallest absolute Gasteiger partial charge is 0.348 e. The molecule has 0 aliphatic carbocycles. The van der Waals surface area contributed by atoms with Crippen LogP contribution in [0.5, 0.6) is 0 Å². The molecule has 3 aliphatic heterocycles. The van der Waals surface area contributed by atoms with Gasteiger partial charge in [-0.3, -0.25) is 24.0 Å². The number of hydrogen-bond acceptors (Lipinski definition) is 19. The van der Waals surface area contributed by atoms with E-state index < -0.39 is 73.4 Å². The van der Waals surface area contributed by atoms with Gasteiger partial charge in [0.15, 0.2) is 0 Å². The van der Waals surface area contributed by atoms with Crippen molar-refractivity contribution in [3.63, 3.8) is 0 Å². The van der Waals surface area contributed by atoms with E-state index in [-0.39, 0.29) is 42.7 Å². The highest BCUT2D eigenvalue weighted by atomic mass is 16.8. The molecule has 3 fully saturated rings. The summed E-state index contributed by atoms with van der Waals surface area (Å²) in [4.78, 5) is 89.6. The van der Waals surface area contributed by atoms with E-state index in [1.165, 1.54) is 25.2 Å². The SMILES string of the molecule is [C-]#[N+]/C(=C\c1ccc(N(CC)CCC(=O)OC2CO2)cc1)C(=O)OCC(C)(COC(=O)/C(=C/c1ccc(N(CC)CCC(=O)OC2CO2)cc1)[N+]#[C-])COC(=O)/C(C#N)=C/c1ccc(N(CC)CCC(=O)OC2CO2)cc1. The lowest BCUT2D eigenvalue weighted by molar-refractivity contribution is -0.155. The summed E-state index contributed by atoms with van der Waals surface area (Å²) in [6.45, 7) is 25.3. The molecule has 0 saturated carbocycles. The minimum absolute atomic E-state index is 0.146. The van der Waals surface area contributed by atoms with E-state index in [1.54, 1.807) is 72.8 Å². The third-order valence-corrected chi connectivity index (χ3v) is 11.9. The number of ether oxygens (including phenoxy) is 9. The molecule has 3 saturated heterocycles. The summed E-state index contributed by atoms with van der Waals surface area (Å²) in [6.07, 6.45) is 3.01. The van der Waals surface area contributed by atoms with Crippen LogP contribution in [-0.2, 0) is 71.4 Å². The maximum absolute atomic E-state index is 13.5. The number of esters is 6. The van der Waals surface area contributed by atoms with Crippen LogP contribution in [0.4, 0.5) is 17.1 Å². The van der Waals surface area contributed by atoms with Crippen molar-refractivity contribution < 1.29 is 71.4 Å². The van der Waals surface area contributed by atoms with Crippen LogP contribution in [0, 0.1) is 29.9 Å². The number of benzene rings is 3. The molecule has 21 heteroatoms. The van der Waals surface area contributed by atoms with Crippen molar-refractivity contribution in [1.82, 2.24) is 0 Å². The number of carbonyl (C=O) groups excluding carboxylic acids is 6. The van der Waals surface area contributed by atoms with Gasteiger partial charge in [0.25, 0.3) is 11.4 Å². The van der Waals surface area contributed by atoms with Crippen LogP contribution in [0.15, 0.2) is 89.8 Å². The van der Waals surface area contributed by atoms with Gasteiger partial charge < -0.3 is 57.3 Å². The van der Waals surface area contributed by atoms with Gasteiger partial charge in [-0.05, 0) is 99.0 Å². The number of nitrogens with zero attached hydrogens (tertiary/aromatic N) is 6. The molecule has 6 rings (SSSR count). The van der Waals surface area contributed by atoms with Crippen molar-refractivity contribution in [1.29, 1.82) is 5.26 Å². The molecule has 3 heterocycles. The molecule has 3 aromatic rings. The summed E-state index contributed by atoms with van der Waals surface area (Å²) in [5.41, 5.74) is 1.21. The first kappa shape index (κ1) is 57.7. The standard InChI is InChI=1S/C56H60N6O15/c1-7-60(25-22-47(63)75-50-32-69-50)42-16-10-38(11-17-42)28-41(31-57)53(66)72-35-56(4,36-73-54(67)45(58-5)29-39-12-18-43(19-13-39)61(8-2)26-23-48(64)76-51-33-70-51)37-74-55(68)46(59-6)30-40-14-20-44(21-15-40)62(9-3)27-24-49(65)77-52-34-71-52/h10-21,28-30,50-52H,7-9,22-27,32-37H2,1-4H3/b41-28+,45-29-,46-30-. The number of epoxide rings is 3. The van der Waals surface area contributed by atoms with Crippen molar-refractivity contribution in [2.24, 2.45) is 5.41 Å². The molecule has 0 spiro atoms. The van der Waals surface area contributed by atoms with E-state index in [1.807, 2.05) is 41.5 Å².